The van der Waals surface area contributed by atoms with E-state index >= 15 is 0 Å². The monoisotopic (exact) mass is 829 g/mol. The van der Waals surface area contributed by atoms with Crippen LogP contribution in [0.4, 0.5) is 17.1 Å². The molecule has 0 amide bonds. The van der Waals surface area contributed by atoms with Crippen LogP contribution in [0.3, 0.4) is 0 Å². The van der Waals surface area contributed by atoms with E-state index in [1.54, 1.807) is 0 Å². The van der Waals surface area contributed by atoms with Gasteiger partial charge in [-0.1, -0.05) is 226 Å². The van der Waals surface area contributed by atoms with Crippen LogP contribution in [0.1, 0.15) is 47.2 Å². The average Bonchev–Trinajstić information content (AvgIpc) is 3.67. The number of hydrogen-bond acceptors (Lipinski definition) is 1. The normalized spacial score (nSPS) is 13.6. The lowest BCUT2D eigenvalue weighted by molar-refractivity contribution is 0.563. The molecule has 1 nitrogen and oxygen atoms in total. The Morgan fingerprint density at radius 3 is 1.32 bits per heavy atom. The molecule has 0 unspecified atom stereocenters. The summed E-state index contributed by atoms with van der Waals surface area (Å²) in [6, 6.07) is 91.9. The Bertz CT molecular complexity index is 3350. The predicted molar refractivity (Wildman–Crippen MR) is 272 cm³/mol. The van der Waals surface area contributed by atoms with E-state index in [4.69, 9.17) is 0 Å². The molecular weight excluding hydrogens is 783 g/mol. The molecule has 1 spiro atoms. The largest absolute Gasteiger partial charge is 0.310 e. The van der Waals surface area contributed by atoms with E-state index in [-0.39, 0.29) is 5.41 Å². The van der Waals surface area contributed by atoms with E-state index in [2.05, 4.69) is 267 Å². The Morgan fingerprint density at radius 1 is 0.262 bits per heavy atom. The van der Waals surface area contributed by atoms with Crippen LogP contribution in [0.25, 0.3) is 55.6 Å². The average molecular weight is 830 g/mol. The van der Waals surface area contributed by atoms with Gasteiger partial charge in [-0.2, -0.15) is 0 Å². The highest BCUT2D eigenvalue weighted by atomic mass is 15.1. The fourth-order valence-electron chi connectivity index (χ4n) is 11.2. The minimum absolute atomic E-state index is 0.199. The second-order valence-electron chi connectivity index (χ2n) is 18.0. The van der Waals surface area contributed by atoms with Crippen molar-refractivity contribution >= 4 is 17.1 Å². The lowest BCUT2D eigenvalue weighted by Gasteiger charge is -2.47. The summed E-state index contributed by atoms with van der Waals surface area (Å²) in [6.07, 6.45) is 0. The molecule has 0 bridgehead atoms. The van der Waals surface area contributed by atoms with Gasteiger partial charge in [0, 0.05) is 22.4 Å². The fourth-order valence-corrected chi connectivity index (χ4v) is 11.2. The van der Waals surface area contributed by atoms with Gasteiger partial charge in [-0.3, -0.25) is 0 Å². The molecule has 2 aliphatic rings. The summed E-state index contributed by atoms with van der Waals surface area (Å²) in [5.41, 5.74) is 23.1. The van der Waals surface area contributed by atoms with Crippen LogP contribution in [0.5, 0.6) is 0 Å². The number of nitrogens with zero attached hydrogens (tertiary/aromatic N) is 1. The first-order valence-electron chi connectivity index (χ1n) is 22.8. The Morgan fingerprint density at radius 2 is 0.692 bits per heavy atom. The first kappa shape index (κ1) is 38.7. The SMILES string of the molecule is CC1(C)c2ccccc2C2(c3ccccc3-c3ccccc32)c2cc(-c3cccc(N(c4ccc(-c5ccccc5-c5ccccc5)cc4)c4ccccc4-c4ccccc4)c3)ccc21. The van der Waals surface area contributed by atoms with E-state index in [0.29, 0.717) is 0 Å². The van der Waals surface area contributed by atoms with Crippen molar-refractivity contribution in [3.05, 3.63) is 282 Å². The van der Waals surface area contributed by atoms with Crippen molar-refractivity contribution in [2.45, 2.75) is 24.7 Å². The number of para-hydroxylation sites is 1. The molecule has 65 heavy (non-hydrogen) atoms. The number of benzene rings is 10. The molecule has 0 saturated heterocycles. The van der Waals surface area contributed by atoms with Gasteiger partial charge in [-0.05, 0) is 120 Å². The minimum Gasteiger partial charge on any atom is -0.310 e. The fraction of sp³-hybridized carbons (Fsp3) is 0.0625. The van der Waals surface area contributed by atoms with E-state index in [9.17, 15) is 0 Å². The molecule has 10 aromatic rings. The van der Waals surface area contributed by atoms with E-state index in [1.807, 2.05) is 0 Å². The summed E-state index contributed by atoms with van der Waals surface area (Å²) in [4.78, 5) is 2.43. The maximum atomic E-state index is 2.52. The summed E-state index contributed by atoms with van der Waals surface area (Å²) in [5.74, 6) is 0. The van der Waals surface area contributed by atoms with Crippen LogP contribution in [0.15, 0.2) is 249 Å². The molecule has 308 valence electrons. The molecule has 1 heteroatoms. The van der Waals surface area contributed by atoms with E-state index in [1.165, 1.54) is 89.0 Å². The first-order valence-corrected chi connectivity index (χ1v) is 22.8. The van der Waals surface area contributed by atoms with Crippen LogP contribution < -0.4 is 4.90 Å². The van der Waals surface area contributed by atoms with Gasteiger partial charge in [-0.15, -0.1) is 0 Å². The van der Waals surface area contributed by atoms with Crippen LogP contribution in [0, 0.1) is 0 Å². The van der Waals surface area contributed by atoms with Crippen LogP contribution in [0.2, 0.25) is 0 Å². The van der Waals surface area contributed by atoms with Crippen LogP contribution in [-0.4, -0.2) is 0 Å². The molecule has 12 rings (SSSR count). The third-order valence-electron chi connectivity index (χ3n) is 14.2. The molecule has 2 aliphatic carbocycles. The Balaban J connectivity index is 1.03. The van der Waals surface area contributed by atoms with Gasteiger partial charge < -0.3 is 4.90 Å². The summed E-state index contributed by atoms with van der Waals surface area (Å²) in [5, 5.41) is 0. The molecule has 0 heterocycles. The topological polar surface area (TPSA) is 3.24 Å². The maximum absolute atomic E-state index is 2.52. The number of rotatable bonds is 7. The summed E-state index contributed by atoms with van der Waals surface area (Å²) in [6.45, 7) is 4.80. The third kappa shape index (κ3) is 6.07. The molecular formula is C64H47N. The van der Waals surface area contributed by atoms with Gasteiger partial charge in [0.05, 0.1) is 11.1 Å². The highest BCUT2D eigenvalue weighted by Crippen LogP contribution is 2.62. The zero-order valence-corrected chi connectivity index (χ0v) is 36.6. The Labute approximate surface area is 382 Å². The van der Waals surface area contributed by atoms with Crippen molar-refractivity contribution in [2.24, 2.45) is 0 Å². The molecule has 0 atom stereocenters. The smallest absolute Gasteiger partial charge is 0.0719 e. The van der Waals surface area contributed by atoms with Gasteiger partial charge >= 0.3 is 0 Å². The summed E-state index contributed by atoms with van der Waals surface area (Å²) < 4.78 is 0. The van der Waals surface area contributed by atoms with Gasteiger partial charge in [0.2, 0.25) is 0 Å². The second-order valence-corrected chi connectivity index (χ2v) is 18.0. The molecule has 0 radical (unpaired) electrons. The first-order chi connectivity index (χ1) is 32.0. The minimum atomic E-state index is -0.455. The lowest BCUT2D eigenvalue weighted by atomic mass is 9.55. The van der Waals surface area contributed by atoms with E-state index < -0.39 is 5.41 Å². The van der Waals surface area contributed by atoms with Gasteiger partial charge in [0.25, 0.3) is 0 Å². The van der Waals surface area contributed by atoms with Gasteiger partial charge in [0.1, 0.15) is 0 Å². The van der Waals surface area contributed by atoms with Crippen molar-refractivity contribution in [3.63, 3.8) is 0 Å². The Kier molecular flexibility index (Phi) is 9.14. The van der Waals surface area contributed by atoms with E-state index in [0.717, 1.165) is 17.1 Å². The molecule has 0 aromatic heterocycles. The highest BCUT2D eigenvalue weighted by molar-refractivity contribution is 5.92. The zero-order valence-electron chi connectivity index (χ0n) is 36.6. The maximum Gasteiger partial charge on any atom is 0.0719 e. The van der Waals surface area contributed by atoms with Crippen LogP contribution in [-0.2, 0) is 10.8 Å². The van der Waals surface area contributed by atoms with Crippen molar-refractivity contribution < 1.29 is 0 Å². The quantitative estimate of drug-likeness (QED) is 0.155. The predicted octanol–water partition coefficient (Wildman–Crippen LogP) is 16.8. The lowest BCUT2D eigenvalue weighted by Crippen LogP contribution is -2.40. The van der Waals surface area contributed by atoms with Crippen molar-refractivity contribution in [2.75, 3.05) is 4.90 Å². The number of fused-ring (bicyclic) bond motifs is 9. The number of anilines is 3. The van der Waals surface area contributed by atoms with Gasteiger partial charge in [-0.25, -0.2) is 0 Å². The molecule has 10 aromatic carbocycles. The standard InChI is InChI=1S/C64H47N/c1-63(2)58-33-16-17-34-60(58)64(56-31-14-11-29-54(56)55-30-12-15-32-57(55)64)61-43-48(38-41-59(61)63)47-24-19-25-50(42-47)65(62-35-18-13-28-53(62)45-22-7-4-8-23-45)49-39-36-46(37-40-49)52-27-10-9-26-51(52)44-20-5-3-6-21-44/h3-43H,1-2H3. The molecule has 0 aliphatic heterocycles. The Hall–Kier alpha value is -8.00. The van der Waals surface area contributed by atoms with Gasteiger partial charge in [0.15, 0.2) is 0 Å². The van der Waals surface area contributed by atoms with Crippen molar-refractivity contribution in [1.82, 2.24) is 0 Å². The van der Waals surface area contributed by atoms with Crippen molar-refractivity contribution in [1.29, 1.82) is 0 Å². The highest BCUT2D eigenvalue weighted by Gasteiger charge is 2.53. The summed E-state index contributed by atoms with van der Waals surface area (Å²) >= 11 is 0. The zero-order chi connectivity index (χ0) is 43.5. The molecule has 0 N–H and O–H groups in total. The second kappa shape index (κ2) is 15.4. The molecule has 0 saturated carbocycles. The van der Waals surface area contributed by atoms with Crippen LogP contribution >= 0.6 is 0 Å². The molecule has 0 fully saturated rings. The third-order valence-corrected chi connectivity index (χ3v) is 14.2. The van der Waals surface area contributed by atoms with Crippen molar-refractivity contribution in [3.8, 4) is 55.6 Å². The summed E-state index contributed by atoms with van der Waals surface area (Å²) in [7, 11) is 0. The number of hydrogen-bond donors (Lipinski definition) is 0.